The number of rotatable bonds is 5. The lowest BCUT2D eigenvalue weighted by Crippen LogP contribution is -2.46. The quantitative estimate of drug-likeness (QED) is 0.588. The van der Waals surface area contributed by atoms with Crippen molar-refractivity contribution in [2.45, 2.75) is 71.8 Å². The van der Waals surface area contributed by atoms with Gasteiger partial charge in [-0.2, -0.15) is 0 Å². The molecule has 1 unspecified atom stereocenters. The van der Waals surface area contributed by atoms with Crippen molar-refractivity contribution in [1.29, 1.82) is 0 Å². The summed E-state index contributed by atoms with van der Waals surface area (Å²) in [5.41, 5.74) is 3.25. The maximum Gasteiger partial charge on any atom is 0.253 e. The number of ether oxygens (including phenoxy) is 2. The van der Waals surface area contributed by atoms with E-state index >= 15 is 0 Å². The molecule has 1 aliphatic heterocycles. The van der Waals surface area contributed by atoms with Crippen LogP contribution in [-0.4, -0.2) is 41.7 Å². The van der Waals surface area contributed by atoms with Gasteiger partial charge in [0.05, 0.1) is 4.47 Å². The van der Waals surface area contributed by atoms with Gasteiger partial charge in [-0.05, 0) is 94.2 Å². The lowest BCUT2D eigenvalue weighted by Gasteiger charge is -2.39. The minimum absolute atomic E-state index is 0.151. The number of benzene rings is 1. The Kier molecular flexibility index (Phi) is 6.84. The average molecular weight is 532 g/mol. The number of aryl methyl sites for hydroxylation is 2. The van der Waals surface area contributed by atoms with Gasteiger partial charge in [-0.15, -0.1) is 0 Å². The zero-order valence-corrected chi connectivity index (χ0v) is 22.4. The third kappa shape index (κ3) is 4.62. The van der Waals surface area contributed by atoms with Crippen molar-refractivity contribution < 1.29 is 14.3 Å². The molecule has 0 saturated heterocycles. The van der Waals surface area contributed by atoms with Crippen LogP contribution in [0.5, 0.6) is 11.5 Å². The maximum absolute atomic E-state index is 13.1. The van der Waals surface area contributed by atoms with Gasteiger partial charge >= 0.3 is 0 Å². The van der Waals surface area contributed by atoms with Crippen LogP contribution in [-0.2, 0) is 6.54 Å². The first-order chi connectivity index (χ1) is 16.0. The Balaban J connectivity index is 1.52. The van der Waals surface area contributed by atoms with Crippen molar-refractivity contribution >= 4 is 21.8 Å². The summed E-state index contributed by atoms with van der Waals surface area (Å²) in [6, 6.07) is 4.27. The zero-order valence-electron chi connectivity index (χ0n) is 20.8. The predicted molar refractivity (Wildman–Crippen MR) is 136 cm³/mol. The fourth-order valence-corrected chi connectivity index (χ4v) is 5.72. The van der Waals surface area contributed by atoms with E-state index in [1.165, 1.54) is 0 Å². The topological polar surface area (TPSA) is 83.7 Å². The molecule has 1 saturated carbocycles. The number of amides is 1. The molecule has 2 N–H and O–H groups in total. The van der Waals surface area contributed by atoms with E-state index in [4.69, 9.17) is 9.47 Å². The van der Waals surface area contributed by atoms with E-state index in [2.05, 4.69) is 45.2 Å². The fourth-order valence-electron chi connectivity index (χ4n) is 5.23. The molecule has 1 aromatic carbocycles. The van der Waals surface area contributed by atoms with Gasteiger partial charge in [-0.3, -0.25) is 9.59 Å². The Bertz CT molecular complexity index is 1170. The van der Waals surface area contributed by atoms with Gasteiger partial charge in [-0.1, -0.05) is 0 Å². The Labute approximate surface area is 209 Å². The Morgan fingerprint density at radius 3 is 2.41 bits per heavy atom. The van der Waals surface area contributed by atoms with Gasteiger partial charge < -0.3 is 24.7 Å². The van der Waals surface area contributed by atoms with Crippen LogP contribution in [0.1, 0.15) is 65.3 Å². The first-order valence-electron chi connectivity index (χ1n) is 11.8. The largest absolute Gasteiger partial charge is 0.448 e. The number of halogens is 1. The molecular weight excluding hydrogens is 498 g/mol. The van der Waals surface area contributed by atoms with Crippen molar-refractivity contribution in [3.8, 4) is 11.5 Å². The lowest BCUT2D eigenvalue weighted by molar-refractivity contribution is -0.123. The second kappa shape index (κ2) is 9.38. The number of fused-ring (bicyclic) bond motifs is 1. The molecule has 2 aliphatic rings. The molecule has 2 heterocycles. The smallest absolute Gasteiger partial charge is 0.253 e. The monoisotopic (exact) mass is 531 g/mol. The number of hydrogen-bond donors (Lipinski definition) is 2. The molecule has 0 bridgehead atoms. The van der Waals surface area contributed by atoms with Crippen molar-refractivity contribution in [2.75, 3.05) is 14.1 Å². The first kappa shape index (κ1) is 24.8. The van der Waals surface area contributed by atoms with Crippen molar-refractivity contribution in [2.24, 2.45) is 5.92 Å². The summed E-state index contributed by atoms with van der Waals surface area (Å²) in [7, 11) is 4.27. The van der Waals surface area contributed by atoms with Gasteiger partial charge in [-0.25, -0.2) is 0 Å². The molecule has 2 aromatic rings. The van der Waals surface area contributed by atoms with Crippen molar-refractivity contribution in [1.82, 2.24) is 15.2 Å². The number of carbonyl (C=O) groups is 1. The van der Waals surface area contributed by atoms with E-state index < -0.39 is 5.79 Å². The summed E-state index contributed by atoms with van der Waals surface area (Å²) in [5, 5.41) is 2.89. The molecule has 1 fully saturated rings. The summed E-state index contributed by atoms with van der Waals surface area (Å²) in [4.78, 5) is 30.5. The molecule has 4 rings (SSSR count). The van der Waals surface area contributed by atoms with E-state index in [-0.39, 0.29) is 23.9 Å². The minimum atomic E-state index is -0.756. The normalized spacial score (nSPS) is 23.9. The number of hydrogen-bond acceptors (Lipinski definition) is 5. The standard InChI is InChI=1S/C26H34BrN3O4/c1-14-11-15(2)29-25(32)20(14)13-28-24(31)19-12-21(27)23-22(16(19)3)33-26(4,34-23)17-7-9-18(10-8-17)30(5)6/h11-12,17-18H,7-10,13H2,1-6H3,(H,28,31)(H,29,32). The van der Waals surface area contributed by atoms with Crippen LogP contribution in [0.15, 0.2) is 21.4 Å². The van der Waals surface area contributed by atoms with Crippen LogP contribution in [0.4, 0.5) is 0 Å². The zero-order chi connectivity index (χ0) is 24.8. The van der Waals surface area contributed by atoms with E-state index in [0.29, 0.717) is 33.1 Å². The third-order valence-electron chi connectivity index (χ3n) is 7.38. The van der Waals surface area contributed by atoms with Gasteiger partial charge in [0.2, 0.25) is 0 Å². The second-order valence-corrected chi connectivity index (χ2v) is 10.9. The summed E-state index contributed by atoms with van der Waals surface area (Å²) in [6.07, 6.45) is 4.28. The van der Waals surface area contributed by atoms with Crippen molar-refractivity contribution in [3.05, 3.63) is 54.9 Å². The Hall–Kier alpha value is -2.32. The number of pyridine rings is 1. The SMILES string of the molecule is Cc1cc(C)c(CNC(=O)c2cc(Br)c3c(c2C)OC(C)(C2CCC(N(C)C)CC2)O3)c(=O)[nH]1. The van der Waals surface area contributed by atoms with Crippen LogP contribution in [0.25, 0.3) is 0 Å². The highest BCUT2D eigenvalue weighted by molar-refractivity contribution is 9.10. The second-order valence-electron chi connectivity index (χ2n) is 10.0. The molecule has 1 amide bonds. The Morgan fingerprint density at radius 2 is 1.79 bits per heavy atom. The van der Waals surface area contributed by atoms with E-state index in [0.717, 1.165) is 42.5 Å². The van der Waals surface area contributed by atoms with Crippen LogP contribution in [0.2, 0.25) is 0 Å². The fraction of sp³-hybridized carbons (Fsp3) is 0.538. The number of aromatic nitrogens is 1. The van der Waals surface area contributed by atoms with Crippen LogP contribution < -0.4 is 20.3 Å². The highest BCUT2D eigenvalue weighted by atomic mass is 79.9. The average Bonchev–Trinajstić information content (AvgIpc) is 3.15. The van der Waals surface area contributed by atoms with Crippen LogP contribution >= 0.6 is 15.9 Å². The predicted octanol–water partition coefficient (Wildman–Crippen LogP) is 4.60. The molecule has 1 aliphatic carbocycles. The minimum Gasteiger partial charge on any atom is -0.448 e. The number of nitrogens with zero attached hydrogens (tertiary/aromatic N) is 1. The number of aromatic amines is 1. The summed E-state index contributed by atoms with van der Waals surface area (Å²) in [5.74, 6) is 0.520. The molecule has 0 radical (unpaired) electrons. The number of carbonyl (C=O) groups excluding carboxylic acids is 1. The highest BCUT2D eigenvalue weighted by Gasteiger charge is 2.47. The highest BCUT2D eigenvalue weighted by Crippen LogP contribution is 2.51. The molecule has 7 nitrogen and oxygen atoms in total. The summed E-state index contributed by atoms with van der Waals surface area (Å²) in [6.45, 7) is 7.75. The van der Waals surface area contributed by atoms with Crippen LogP contribution in [0, 0.1) is 26.7 Å². The molecule has 8 heteroatoms. The molecule has 1 aromatic heterocycles. The number of nitrogens with one attached hydrogen (secondary N) is 2. The number of H-pyrrole nitrogens is 1. The first-order valence-corrected chi connectivity index (χ1v) is 12.6. The van der Waals surface area contributed by atoms with Gasteiger partial charge in [0.25, 0.3) is 17.3 Å². The third-order valence-corrected chi connectivity index (χ3v) is 7.97. The van der Waals surface area contributed by atoms with Crippen LogP contribution in [0.3, 0.4) is 0 Å². The van der Waals surface area contributed by atoms with Crippen molar-refractivity contribution in [3.63, 3.8) is 0 Å². The molecule has 1 atom stereocenters. The van der Waals surface area contributed by atoms with E-state index in [1.807, 2.05) is 33.8 Å². The maximum atomic E-state index is 13.1. The molecule has 184 valence electrons. The summed E-state index contributed by atoms with van der Waals surface area (Å²) < 4.78 is 13.5. The van der Waals surface area contributed by atoms with Gasteiger partial charge in [0, 0.05) is 47.8 Å². The van der Waals surface area contributed by atoms with E-state index in [1.54, 1.807) is 6.07 Å². The molecule has 0 spiro atoms. The summed E-state index contributed by atoms with van der Waals surface area (Å²) >= 11 is 3.59. The lowest BCUT2D eigenvalue weighted by atomic mass is 9.81. The van der Waals surface area contributed by atoms with Gasteiger partial charge in [0.15, 0.2) is 11.5 Å². The Morgan fingerprint density at radius 1 is 1.15 bits per heavy atom. The molecular formula is C26H34BrN3O4. The van der Waals surface area contributed by atoms with Gasteiger partial charge in [0.1, 0.15) is 0 Å². The molecule has 34 heavy (non-hydrogen) atoms. The van der Waals surface area contributed by atoms with E-state index in [9.17, 15) is 9.59 Å².